The van der Waals surface area contributed by atoms with Crippen LogP contribution in [0.5, 0.6) is 0 Å². The van der Waals surface area contributed by atoms with Crippen LogP contribution in [0, 0.1) is 0 Å². The Bertz CT molecular complexity index is 893. The molecule has 3 aromatic rings. The molecule has 0 unspecified atom stereocenters. The van der Waals surface area contributed by atoms with Gasteiger partial charge in [-0.15, -0.1) is 11.3 Å². The van der Waals surface area contributed by atoms with Gasteiger partial charge in [-0.2, -0.15) is 0 Å². The molecule has 5 nitrogen and oxygen atoms in total. The average Bonchev–Trinajstić information content (AvgIpc) is 3.16. The first-order valence-corrected chi connectivity index (χ1v) is 9.64. The van der Waals surface area contributed by atoms with Crippen molar-refractivity contribution in [1.29, 1.82) is 0 Å². The summed E-state index contributed by atoms with van der Waals surface area (Å²) in [6.07, 6.45) is 0. The van der Waals surface area contributed by atoms with Gasteiger partial charge in [-0.1, -0.05) is 42.1 Å². The van der Waals surface area contributed by atoms with E-state index in [1.807, 2.05) is 35.7 Å². The number of hydrogen-bond acceptors (Lipinski definition) is 6. The Labute approximate surface area is 159 Å². The van der Waals surface area contributed by atoms with Gasteiger partial charge in [-0.05, 0) is 24.3 Å². The molecule has 1 amide bonds. The second kappa shape index (κ2) is 8.64. The van der Waals surface area contributed by atoms with Gasteiger partial charge in [0.25, 0.3) is 0 Å². The number of anilines is 1. The Morgan fingerprint density at radius 1 is 1.12 bits per heavy atom. The molecule has 0 bridgehead atoms. The third-order valence-corrected chi connectivity index (χ3v) is 5.49. The van der Waals surface area contributed by atoms with Crippen molar-refractivity contribution in [1.82, 2.24) is 4.98 Å². The predicted octanol–water partition coefficient (Wildman–Crippen LogP) is 4.33. The molecule has 0 aliphatic rings. The van der Waals surface area contributed by atoms with Crippen LogP contribution in [-0.2, 0) is 9.53 Å². The van der Waals surface area contributed by atoms with Crippen LogP contribution < -0.4 is 5.32 Å². The minimum Gasteiger partial charge on any atom is -0.465 e. The molecular weight excluding hydrogens is 368 g/mol. The number of aromatic nitrogens is 1. The van der Waals surface area contributed by atoms with E-state index in [0.717, 1.165) is 15.6 Å². The number of nitrogens with zero attached hydrogens (tertiary/aromatic N) is 1. The van der Waals surface area contributed by atoms with Crippen LogP contribution >= 0.6 is 23.1 Å². The van der Waals surface area contributed by atoms with Crippen molar-refractivity contribution < 1.29 is 14.3 Å². The summed E-state index contributed by atoms with van der Waals surface area (Å²) in [6, 6.07) is 16.5. The summed E-state index contributed by atoms with van der Waals surface area (Å²) < 4.78 is 5.49. The maximum absolute atomic E-state index is 12.1. The van der Waals surface area contributed by atoms with Gasteiger partial charge in [0.1, 0.15) is 0 Å². The van der Waals surface area contributed by atoms with Crippen molar-refractivity contribution >= 4 is 40.7 Å². The first-order valence-electron chi connectivity index (χ1n) is 7.77. The van der Waals surface area contributed by atoms with Crippen molar-refractivity contribution in [2.75, 3.05) is 18.2 Å². The summed E-state index contributed by atoms with van der Waals surface area (Å²) in [5.41, 5.74) is 3.05. The van der Waals surface area contributed by atoms with E-state index in [1.165, 1.54) is 30.2 Å². The highest BCUT2D eigenvalue weighted by atomic mass is 32.2. The molecule has 0 saturated heterocycles. The lowest BCUT2D eigenvalue weighted by Gasteiger charge is -2.05. The largest absolute Gasteiger partial charge is 0.465 e. The molecule has 0 atom stereocenters. The normalized spacial score (nSPS) is 10.3. The van der Waals surface area contributed by atoms with Crippen molar-refractivity contribution in [3.63, 3.8) is 0 Å². The van der Waals surface area contributed by atoms with Crippen molar-refractivity contribution in [3.8, 4) is 11.3 Å². The fourth-order valence-corrected chi connectivity index (χ4v) is 3.83. The number of rotatable bonds is 6. The van der Waals surface area contributed by atoms with E-state index in [1.54, 1.807) is 24.3 Å². The number of nitrogens with one attached hydrogen (secondary N) is 1. The highest BCUT2D eigenvalue weighted by molar-refractivity contribution is 8.01. The van der Waals surface area contributed by atoms with Gasteiger partial charge in [0, 0.05) is 16.6 Å². The number of methoxy groups -OCH3 is 1. The highest BCUT2D eigenvalue weighted by Crippen LogP contribution is 2.28. The van der Waals surface area contributed by atoms with Crippen molar-refractivity contribution in [2.24, 2.45) is 0 Å². The summed E-state index contributed by atoms with van der Waals surface area (Å²) in [5, 5.41) is 4.79. The lowest BCUT2D eigenvalue weighted by molar-refractivity contribution is -0.113. The number of amides is 1. The molecule has 3 rings (SSSR count). The Balaban J connectivity index is 1.53. The molecule has 2 aromatic carbocycles. The van der Waals surface area contributed by atoms with Crippen molar-refractivity contribution in [3.05, 3.63) is 65.5 Å². The molecule has 0 aliphatic heterocycles. The van der Waals surface area contributed by atoms with E-state index in [0.29, 0.717) is 11.3 Å². The van der Waals surface area contributed by atoms with Crippen molar-refractivity contribution in [2.45, 2.75) is 4.34 Å². The molecule has 1 N–H and O–H groups in total. The minimum atomic E-state index is -0.406. The number of ether oxygens (including phenoxy) is 1. The smallest absolute Gasteiger partial charge is 0.337 e. The monoisotopic (exact) mass is 384 g/mol. The van der Waals surface area contributed by atoms with E-state index in [-0.39, 0.29) is 11.7 Å². The number of hydrogen-bond donors (Lipinski definition) is 1. The standard InChI is InChI=1S/C19H16N2O3S2/c1-24-18(23)14-7-9-15(10-8-14)20-17(22)12-26-19-21-16(11-25-19)13-5-3-2-4-6-13/h2-11H,12H2,1H3,(H,20,22). The van der Waals surface area contributed by atoms with Crippen LogP contribution in [0.3, 0.4) is 0 Å². The van der Waals surface area contributed by atoms with E-state index < -0.39 is 5.97 Å². The Morgan fingerprint density at radius 2 is 1.85 bits per heavy atom. The van der Waals surface area contributed by atoms with Gasteiger partial charge >= 0.3 is 5.97 Å². The fraction of sp³-hybridized carbons (Fsp3) is 0.105. The van der Waals surface area contributed by atoms with Crippen LogP contribution in [0.15, 0.2) is 64.3 Å². The van der Waals surface area contributed by atoms with Crippen LogP contribution in [0.25, 0.3) is 11.3 Å². The Morgan fingerprint density at radius 3 is 2.54 bits per heavy atom. The summed E-state index contributed by atoms with van der Waals surface area (Å²) in [4.78, 5) is 28.0. The fourth-order valence-electron chi connectivity index (χ4n) is 2.20. The van der Waals surface area contributed by atoms with Gasteiger partial charge in [0.05, 0.1) is 24.1 Å². The zero-order chi connectivity index (χ0) is 18.4. The molecule has 0 aliphatic carbocycles. The van der Waals surface area contributed by atoms with Crippen LogP contribution in [0.2, 0.25) is 0 Å². The van der Waals surface area contributed by atoms with Gasteiger partial charge in [0.2, 0.25) is 5.91 Å². The van der Waals surface area contributed by atoms with Crippen LogP contribution in [0.1, 0.15) is 10.4 Å². The average molecular weight is 384 g/mol. The number of thiazole rings is 1. The van der Waals surface area contributed by atoms with Gasteiger partial charge in [0.15, 0.2) is 4.34 Å². The predicted molar refractivity (Wildman–Crippen MR) is 105 cm³/mol. The summed E-state index contributed by atoms with van der Waals surface area (Å²) in [6.45, 7) is 0. The third-order valence-electron chi connectivity index (χ3n) is 3.47. The highest BCUT2D eigenvalue weighted by Gasteiger charge is 2.09. The number of carbonyl (C=O) groups is 2. The molecule has 0 saturated carbocycles. The maximum atomic E-state index is 12.1. The summed E-state index contributed by atoms with van der Waals surface area (Å²) in [5.74, 6) is -0.269. The molecule has 132 valence electrons. The Hall–Kier alpha value is -2.64. The first kappa shape index (κ1) is 18.2. The second-order valence-electron chi connectivity index (χ2n) is 5.27. The molecular formula is C19H16N2O3S2. The SMILES string of the molecule is COC(=O)c1ccc(NC(=O)CSc2nc(-c3ccccc3)cs2)cc1. The minimum absolute atomic E-state index is 0.128. The Kier molecular flexibility index (Phi) is 6.04. The van der Waals surface area contributed by atoms with Gasteiger partial charge < -0.3 is 10.1 Å². The van der Waals surface area contributed by atoms with E-state index >= 15 is 0 Å². The first-order chi connectivity index (χ1) is 12.7. The zero-order valence-electron chi connectivity index (χ0n) is 14.0. The lowest BCUT2D eigenvalue weighted by atomic mass is 10.2. The lowest BCUT2D eigenvalue weighted by Crippen LogP contribution is -2.14. The molecule has 0 fully saturated rings. The number of thioether (sulfide) groups is 1. The summed E-state index contributed by atoms with van der Waals surface area (Å²) >= 11 is 2.92. The number of esters is 1. The molecule has 0 spiro atoms. The van der Waals surface area contributed by atoms with E-state index in [2.05, 4.69) is 15.0 Å². The maximum Gasteiger partial charge on any atom is 0.337 e. The number of benzene rings is 2. The molecule has 26 heavy (non-hydrogen) atoms. The van der Waals surface area contributed by atoms with E-state index in [4.69, 9.17) is 0 Å². The molecule has 7 heteroatoms. The van der Waals surface area contributed by atoms with Crippen LogP contribution in [-0.4, -0.2) is 29.7 Å². The second-order valence-corrected chi connectivity index (χ2v) is 7.35. The van der Waals surface area contributed by atoms with Gasteiger partial charge in [-0.3, -0.25) is 4.79 Å². The zero-order valence-corrected chi connectivity index (χ0v) is 15.6. The molecule has 1 heterocycles. The molecule has 0 radical (unpaired) electrons. The number of carbonyl (C=O) groups excluding carboxylic acids is 2. The quantitative estimate of drug-likeness (QED) is 0.506. The topological polar surface area (TPSA) is 68.3 Å². The van der Waals surface area contributed by atoms with Gasteiger partial charge in [-0.25, -0.2) is 9.78 Å². The van der Waals surface area contributed by atoms with E-state index in [9.17, 15) is 9.59 Å². The molecule has 1 aromatic heterocycles. The summed E-state index contributed by atoms with van der Waals surface area (Å²) in [7, 11) is 1.33. The van der Waals surface area contributed by atoms with Crippen LogP contribution in [0.4, 0.5) is 5.69 Å². The third kappa shape index (κ3) is 4.71.